The van der Waals surface area contributed by atoms with Crippen LogP contribution in [-0.4, -0.2) is 30.3 Å². The summed E-state index contributed by atoms with van der Waals surface area (Å²) in [6.07, 6.45) is 8.32. The van der Waals surface area contributed by atoms with E-state index in [0.717, 1.165) is 51.4 Å². The molecular weight excluding hydrogens is 424 g/mol. The molecule has 33 heavy (non-hydrogen) atoms. The molecular formula is C26H40O7. The predicted octanol–water partition coefficient (Wildman–Crippen LogP) is 5.93. The summed E-state index contributed by atoms with van der Waals surface area (Å²) in [5.41, 5.74) is 1.23. The maximum Gasteiger partial charge on any atom is 0.320 e. The molecule has 1 aliphatic rings. The number of hydrogen-bond acceptors (Lipinski definition) is 7. The van der Waals surface area contributed by atoms with Crippen molar-refractivity contribution in [2.45, 2.75) is 104 Å². The Morgan fingerprint density at radius 3 is 2.06 bits per heavy atom. The summed E-state index contributed by atoms with van der Waals surface area (Å²) in [4.78, 5) is 24.8. The van der Waals surface area contributed by atoms with E-state index in [1.165, 1.54) is 0 Å². The molecule has 7 nitrogen and oxygen atoms in total. The highest BCUT2D eigenvalue weighted by molar-refractivity contribution is 5.93. The molecule has 7 heteroatoms. The molecule has 0 aliphatic carbocycles. The Morgan fingerprint density at radius 2 is 1.48 bits per heavy atom. The van der Waals surface area contributed by atoms with Gasteiger partial charge in [0.1, 0.15) is 6.42 Å². The highest BCUT2D eigenvalue weighted by atomic mass is 16.7. The lowest BCUT2D eigenvalue weighted by Crippen LogP contribution is -2.43. The van der Waals surface area contributed by atoms with Gasteiger partial charge in [-0.2, -0.15) is 0 Å². The van der Waals surface area contributed by atoms with Crippen molar-refractivity contribution in [1.82, 2.24) is 0 Å². The Balaban J connectivity index is 2.63. The lowest BCUT2D eigenvalue weighted by atomic mass is 9.89. The molecule has 0 saturated carbocycles. The van der Waals surface area contributed by atoms with Gasteiger partial charge in [-0.25, -0.2) is 0 Å². The van der Waals surface area contributed by atoms with Crippen LogP contribution in [0.5, 0.6) is 17.2 Å². The Morgan fingerprint density at radius 1 is 0.879 bits per heavy atom. The summed E-state index contributed by atoms with van der Waals surface area (Å²) < 4.78 is 23.2. The minimum absolute atomic E-state index is 0.0810. The van der Waals surface area contributed by atoms with Gasteiger partial charge in [0.25, 0.3) is 5.79 Å². The van der Waals surface area contributed by atoms with E-state index in [1.807, 2.05) is 13.8 Å². The van der Waals surface area contributed by atoms with Gasteiger partial charge in [0.2, 0.25) is 5.75 Å². The van der Waals surface area contributed by atoms with Crippen LogP contribution in [0.1, 0.15) is 103 Å². The van der Waals surface area contributed by atoms with E-state index in [-0.39, 0.29) is 11.5 Å². The van der Waals surface area contributed by atoms with Gasteiger partial charge in [0.05, 0.1) is 13.2 Å². The van der Waals surface area contributed by atoms with Crippen molar-refractivity contribution in [2.75, 3.05) is 13.2 Å². The Hall–Kier alpha value is -2.44. The Kier molecular flexibility index (Phi) is 10.8. The maximum absolute atomic E-state index is 12.4. The van der Waals surface area contributed by atoms with Gasteiger partial charge < -0.3 is 24.1 Å². The standard InChI is InChI=1S/C26H40O7/c1-5-9-11-13-15-19-20(17-21(30-7-3)24(29)25(19)31-8-4)26(16-14-12-10-6-2)32-22(27)18-23(28)33-26/h17,29H,5-16,18H2,1-4H3. The number of ether oxygens (including phenoxy) is 4. The monoisotopic (exact) mass is 464 g/mol. The fraction of sp³-hybridized carbons (Fsp3) is 0.692. The van der Waals surface area contributed by atoms with Gasteiger partial charge in [-0.3, -0.25) is 9.59 Å². The van der Waals surface area contributed by atoms with Crippen LogP contribution in [0.4, 0.5) is 0 Å². The first kappa shape index (κ1) is 26.8. The van der Waals surface area contributed by atoms with Crippen LogP contribution < -0.4 is 9.47 Å². The topological polar surface area (TPSA) is 91.3 Å². The van der Waals surface area contributed by atoms with Crippen LogP contribution in [0.25, 0.3) is 0 Å². The van der Waals surface area contributed by atoms with Gasteiger partial charge in [-0.05, 0) is 39.2 Å². The average molecular weight is 465 g/mol. The molecule has 1 N–H and O–H groups in total. The molecule has 0 radical (unpaired) electrons. The lowest BCUT2D eigenvalue weighted by Gasteiger charge is -2.38. The third-order valence-corrected chi connectivity index (χ3v) is 5.81. The van der Waals surface area contributed by atoms with Crippen LogP contribution in [-0.2, 0) is 31.3 Å². The van der Waals surface area contributed by atoms with Gasteiger partial charge in [0.15, 0.2) is 11.5 Å². The van der Waals surface area contributed by atoms with Gasteiger partial charge in [-0.15, -0.1) is 0 Å². The molecule has 1 aromatic rings. The van der Waals surface area contributed by atoms with Crippen molar-refractivity contribution in [3.05, 3.63) is 17.2 Å². The Labute approximate surface area is 197 Å². The van der Waals surface area contributed by atoms with E-state index in [2.05, 4.69) is 13.8 Å². The third kappa shape index (κ3) is 7.02. The molecule has 1 saturated heterocycles. The van der Waals surface area contributed by atoms with Crippen molar-refractivity contribution in [1.29, 1.82) is 0 Å². The number of rotatable bonds is 15. The van der Waals surface area contributed by atoms with E-state index in [9.17, 15) is 14.7 Å². The molecule has 2 rings (SSSR count). The van der Waals surface area contributed by atoms with Crippen molar-refractivity contribution in [3.8, 4) is 17.2 Å². The number of hydrogen-bond donors (Lipinski definition) is 1. The summed E-state index contributed by atoms with van der Waals surface area (Å²) in [7, 11) is 0. The number of esters is 2. The van der Waals surface area contributed by atoms with Crippen molar-refractivity contribution >= 4 is 11.9 Å². The fourth-order valence-electron chi connectivity index (χ4n) is 4.26. The number of phenols is 1. The summed E-state index contributed by atoms with van der Waals surface area (Å²) >= 11 is 0. The summed E-state index contributed by atoms with van der Waals surface area (Å²) in [5.74, 6) is -2.32. The molecule has 0 aromatic heterocycles. The van der Waals surface area contributed by atoms with E-state index in [1.54, 1.807) is 6.07 Å². The first-order valence-electron chi connectivity index (χ1n) is 12.5. The molecule has 1 aromatic carbocycles. The van der Waals surface area contributed by atoms with Gasteiger partial charge in [-0.1, -0.05) is 52.4 Å². The second-order valence-corrected chi connectivity index (χ2v) is 8.44. The normalized spacial score (nSPS) is 15.2. The number of carbonyl (C=O) groups is 2. The zero-order valence-corrected chi connectivity index (χ0v) is 20.7. The summed E-state index contributed by atoms with van der Waals surface area (Å²) in [5, 5.41) is 10.9. The molecule has 0 amide bonds. The minimum atomic E-state index is -1.55. The van der Waals surface area contributed by atoms with Crippen LogP contribution in [0.15, 0.2) is 6.07 Å². The number of aromatic hydroxyl groups is 1. The van der Waals surface area contributed by atoms with Crippen molar-refractivity contribution in [2.24, 2.45) is 0 Å². The van der Waals surface area contributed by atoms with Crippen LogP contribution >= 0.6 is 0 Å². The molecule has 1 fully saturated rings. The molecule has 0 atom stereocenters. The largest absolute Gasteiger partial charge is 0.502 e. The third-order valence-electron chi connectivity index (χ3n) is 5.81. The molecule has 0 spiro atoms. The summed E-state index contributed by atoms with van der Waals surface area (Å²) in [6, 6.07) is 1.65. The second kappa shape index (κ2) is 13.3. The molecule has 0 bridgehead atoms. The molecule has 1 heterocycles. The smallest absolute Gasteiger partial charge is 0.320 e. The SMILES string of the molecule is CCCCCCc1c(C2(CCCCCC)OC(=O)CC(=O)O2)cc(OCC)c(O)c1OCC. The lowest BCUT2D eigenvalue weighted by molar-refractivity contribution is -0.253. The number of carbonyl (C=O) groups excluding carboxylic acids is 2. The number of benzene rings is 1. The highest BCUT2D eigenvalue weighted by Crippen LogP contribution is 2.49. The number of unbranched alkanes of at least 4 members (excludes halogenated alkanes) is 6. The molecule has 0 unspecified atom stereocenters. The fourth-order valence-corrected chi connectivity index (χ4v) is 4.26. The number of cyclic esters (lactones) is 2. The van der Waals surface area contributed by atoms with E-state index in [0.29, 0.717) is 42.9 Å². The van der Waals surface area contributed by atoms with Crippen molar-refractivity contribution in [3.63, 3.8) is 0 Å². The van der Waals surface area contributed by atoms with Gasteiger partial charge in [0, 0.05) is 17.5 Å². The average Bonchev–Trinajstić information content (AvgIpc) is 2.77. The number of phenolic OH excluding ortho intramolecular Hbond substituents is 1. The summed E-state index contributed by atoms with van der Waals surface area (Å²) in [6.45, 7) is 8.60. The van der Waals surface area contributed by atoms with Crippen LogP contribution in [0.2, 0.25) is 0 Å². The predicted molar refractivity (Wildman–Crippen MR) is 126 cm³/mol. The van der Waals surface area contributed by atoms with Crippen molar-refractivity contribution < 1.29 is 33.6 Å². The molecule has 1 aliphatic heterocycles. The molecule has 186 valence electrons. The highest BCUT2D eigenvalue weighted by Gasteiger charge is 2.47. The quantitative estimate of drug-likeness (QED) is 0.195. The second-order valence-electron chi connectivity index (χ2n) is 8.44. The van der Waals surface area contributed by atoms with Gasteiger partial charge >= 0.3 is 11.9 Å². The first-order chi connectivity index (χ1) is 15.9. The zero-order chi connectivity index (χ0) is 24.3. The van der Waals surface area contributed by atoms with E-state index < -0.39 is 24.1 Å². The minimum Gasteiger partial charge on any atom is -0.502 e. The first-order valence-corrected chi connectivity index (χ1v) is 12.5. The maximum atomic E-state index is 12.4. The van der Waals surface area contributed by atoms with E-state index >= 15 is 0 Å². The van der Waals surface area contributed by atoms with Crippen LogP contribution in [0.3, 0.4) is 0 Å². The Bertz CT molecular complexity index is 771. The zero-order valence-electron chi connectivity index (χ0n) is 20.7. The van der Waals surface area contributed by atoms with E-state index in [4.69, 9.17) is 18.9 Å². The van der Waals surface area contributed by atoms with Crippen LogP contribution in [0, 0.1) is 0 Å².